The van der Waals surface area contributed by atoms with Crippen LogP contribution in [0.25, 0.3) is 0 Å². The summed E-state index contributed by atoms with van der Waals surface area (Å²) >= 11 is 0. The third-order valence-electron chi connectivity index (χ3n) is 5.71. The number of aromatic nitrogens is 2. The molecule has 1 saturated heterocycles. The first-order chi connectivity index (χ1) is 17.6. The summed E-state index contributed by atoms with van der Waals surface area (Å²) in [6.45, 7) is 11.2. The van der Waals surface area contributed by atoms with Crippen molar-refractivity contribution >= 4 is 21.5 Å². The molecule has 0 unspecified atom stereocenters. The number of nitrogens with one attached hydrogen (secondary N) is 2. The number of nitrogens with zero attached hydrogens (tertiary/aromatic N) is 3. The van der Waals surface area contributed by atoms with Crippen LogP contribution in [-0.4, -0.2) is 55.1 Å². The van der Waals surface area contributed by atoms with Crippen LogP contribution in [0.4, 0.5) is 11.5 Å². The lowest BCUT2D eigenvalue weighted by Crippen LogP contribution is -2.40. The summed E-state index contributed by atoms with van der Waals surface area (Å²) in [6.07, 6.45) is 4.20. The van der Waals surface area contributed by atoms with Gasteiger partial charge >= 0.3 is 6.01 Å². The van der Waals surface area contributed by atoms with Crippen LogP contribution in [-0.2, 0) is 10.0 Å². The second-order valence-electron chi connectivity index (χ2n) is 10.2. The third-order valence-corrected chi connectivity index (χ3v) is 7.46. The van der Waals surface area contributed by atoms with Gasteiger partial charge in [-0.1, -0.05) is 6.07 Å². The fourth-order valence-electron chi connectivity index (χ4n) is 3.95. The molecular weight excluding hydrogens is 490 g/mol. The molecule has 2 N–H and O–H groups in total. The molecule has 0 bridgehead atoms. The van der Waals surface area contributed by atoms with Crippen molar-refractivity contribution < 1.29 is 17.9 Å². The summed E-state index contributed by atoms with van der Waals surface area (Å²) in [5.74, 6) is 1.89. The van der Waals surface area contributed by atoms with Crippen LogP contribution in [0.1, 0.15) is 39.2 Å². The molecule has 0 saturated carbocycles. The maximum Gasteiger partial charge on any atom is 0.323 e. The maximum absolute atomic E-state index is 12.7. The van der Waals surface area contributed by atoms with Gasteiger partial charge in [0, 0.05) is 29.5 Å². The first-order valence-corrected chi connectivity index (χ1v) is 13.9. The Labute approximate surface area is 219 Å². The van der Waals surface area contributed by atoms with Gasteiger partial charge in [0.05, 0.1) is 4.90 Å². The number of likely N-dealkylation sites (tertiary alicyclic amines) is 1. The molecule has 1 aromatic heterocycles. The molecule has 9 nitrogen and oxygen atoms in total. The summed E-state index contributed by atoms with van der Waals surface area (Å²) in [5, 5.41) is 3.18. The molecule has 37 heavy (non-hydrogen) atoms. The molecule has 0 radical (unpaired) electrons. The van der Waals surface area contributed by atoms with E-state index < -0.39 is 15.6 Å². The van der Waals surface area contributed by atoms with Crippen molar-refractivity contribution in [2.75, 3.05) is 31.6 Å². The molecule has 1 aliphatic rings. The SMILES string of the molecule is Cc1cnc(Oc2ccc(OCCN3CCCC3)cc2)nc1Nc1cccc(S(=O)(=O)NC(C)(C)C)c1. The highest BCUT2D eigenvalue weighted by molar-refractivity contribution is 7.89. The Balaban J connectivity index is 1.39. The lowest BCUT2D eigenvalue weighted by Gasteiger charge is -2.20. The van der Waals surface area contributed by atoms with Crippen molar-refractivity contribution in [3.05, 3.63) is 60.3 Å². The Kier molecular flexibility index (Phi) is 8.31. The van der Waals surface area contributed by atoms with E-state index in [0.717, 1.165) is 30.9 Å². The monoisotopic (exact) mass is 525 g/mol. The second-order valence-corrected chi connectivity index (χ2v) is 11.8. The fourth-order valence-corrected chi connectivity index (χ4v) is 5.41. The van der Waals surface area contributed by atoms with Crippen LogP contribution in [0.15, 0.2) is 59.6 Å². The normalized spacial score (nSPS) is 14.5. The first kappa shape index (κ1) is 26.8. The third kappa shape index (κ3) is 7.88. The molecular formula is C27H35N5O4S. The maximum atomic E-state index is 12.7. The van der Waals surface area contributed by atoms with Crippen molar-refractivity contribution in [1.29, 1.82) is 0 Å². The summed E-state index contributed by atoms with van der Waals surface area (Å²) < 4.78 is 39.8. The molecule has 10 heteroatoms. The van der Waals surface area contributed by atoms with Crippen LogP contribution >= 0.6 is 0 Å². The van der Waals surface area contributed by atoms with Gasteiger partial charge in [0.25, 0.3) is 0 Å². The van der Waals surface area contributed by atoms with E-state index in [4.69, 9.17) is 9.47 Å². The van der Waals surface area contributed by atoms with Gasteiger partial charge in [-0.05, 0) is 96.1 Å². The topological polar surface area (TPSA) is 106 Å². The van der Waals surface area contributed by atoms with E-state index in [1.54, 1.807) is 51.2 Å². The van der Waals surface area contributed by atoms with Crippen LogP contribution in [0.3, 0.4) is 0 Å². The van der Waals surface area contributed by atoms with E-state index in [2.05, 4.69) is 24.9 Å². The molecule has 0 aliphatic carbocycles. The highest BCUT2D eigenvalue weighted by Gasteiger charge is 2.22. The minimum absolute atomic E-state index is 0.165. The number of aryl methyl sites for hydroxylation is 1. The van der Waals surface area contributed by atoms with Crippen LogP contribution in [0, 0.1) is 6.92 Å². The van der Waals surface area contributed by atoms with E-state index in [1.165, 1.54) is 12.8 Å². The number of benzene rings is 2. The van der Waals surface area contributed by atoms with Gasteiger partial charge in [0.1, 0.15) is 23.9 Å². The van der Waals surface area contributed by atoms with Gasteiger partial charge in [-0.3, -0.25) is 4.90 Å². The van der Waals surface area contributed by atoms with Gasteiger partial charge < -0.3 is 14.8 Å². The molecule has 1 aliphatic heterocycles. The van der Waals surface area contributed by atoms with Gasteiger partial charge in [-0.2, -0.15) is 4.98 Å². The largest absolute Gasteiger partial charge is 0.492 e. The standard InChI is InChI=1S/C27H35N5O4S/c1-20-19-28-26(36-23-12-10-22(11-13-23)35-17-16-32-14-5-6-15-32)30-25(20)29-21-8-7-9-24(18-21)37(33,34)31-27(2,3)4/h7-13,18-19,31H,5-6,14-17H2,1-4H3,(H,28,29,30). The lowest BCUT2D eigenvalue weighted by atomic mass is 10.1. The Morgan fingerprint density at radius 2 is 1.73 bits per heavy atom. The Bertz CT molecular complexity index is 1300. The molecule has 0 atom stereocenters. The quantitative estimate of drug-likeness (QED) is 0.386. The molecule has 198 valence electrons. The van der Waals surface area contributed by atoms with Crippen molar-refractivity contribution in [2.24, 2.45) is 0 Å². The summed E-state index contributed by atoms with van der Waals surface area (Å²) in [5.41, 5.74) is 0.783. The summed E-state index contributed by atoms with van der Waals surface area (Å²) in [7, 11) is -3.67. The fraction of sp³-hybridized carbons (Fsp3) is 0.407. The van der Waals surface area contributed by atoms with Crippen molar-refractivity contribution in [3.63, 3.8) is 0 Å². The molecule has 3 aromatic rings. The van der Waals surface area contributed by atoms with E-state index in [1.807, 2.05) is 31.2 Å². The zero-order chi connectivity index (χ0) is 26.5. The Morgan fingerprint density at radius 1 is 1.03 bits per heavy atom. The number of anilines is 2. The summed E-state index contributed by atoms with van der Waals surface area (Å²) in [6, 6.07) is 14.1. The molecule has 4 rings (SSSR count). The average Bonchev–Trinajstić information content (AvgIpc) is 3.35. The zero-order valence-electron chi connectivity index (χ0n) is 21.8. The van der Waals surface area contributed by atoms with E-state index in [0.29, 0.717) is 23.9 Å². The number of hydrogen-bond donors (Lipinski definition) is 2. The van der Waals surface area contributed by atoms with Crippen LogP contribution in [0.5, 0.6) is 17.5 Å². The smallest absolute Gasteiger partial charge is 0.323 e. The molecule has 0 spiro atoms. The van der Waals surface area contributed by atoms with Gasteiger partial charge in [0.15, 0.2) is 0 Å². The highest BCUT2D eigenvalue weighted by atomic mass is 32.2. The number of ether oxygens (including phenoxy) is 2. The number of sulfonamides is 1. The van der Waals surface area contributed by atoms with E-state index in [-0.39, 0.29) is 10.9 Å². The van der Waals surface area contributed by atoms with Crippen molar-refractivity contribution in [1.82, 2.24) is 19.6 Å². The van der Waals surface area contributed by atoms with Crippen LogP contribution in [0.2, 0.25) is 0 Å². The van der Waals surface area contributed by atoms with Gasteiger partial charge in [0.2, 0.25) is 10.0 Å². The first-order valence-electron chi connectivity index (χ1n) is 12.5. The molecule has 0 amide bonds. The van der Waals surface area contributed by atoms with Crippen molar-refractivity contribution in [3.8, 4) is 17.5 Å². The number of rotatable bonds is 10. The predicted octanol–water partition coefficient (Wildman–Crippen LogP) is 4.87. The van der Waals surface area contributed by atoms with E-state index in [9.17, 15) is 8.42 Å². The summed E-state index contributed by atoms with van der Waals surface area (Å²) in [4.78, 5) is 11.3. The predicted molar refractivity (Wildman–Crippen MR) is 144 cm³/mol. The highest BCUT2D eigenvalue weighted by Crippen LogP contribution is 2.26. The van der Waals surface area contributed by atoms with Crippen LogP contribution < -0.4 is 19.5 Å². The second kappa shape index (κ2) is 11.5. The molecule has 1 fully saturated rings. The lowest BCUT2D eigenvalue weighted by molar-refractivity contribution is 0.237. The zero-order valence-corrected chi connectivity index (χ0v) is 22.6. The van der Waals surface area contributed by atoms with E-state index >= 15 is 0 Å². The van der Waals surface area contributed by atoms with Crippen molar-refractivity contribution in [2.45, 2.75) is 51.0 Å². The Morgan fingerprint density at radius 3 is 2.43 bits per heavy atom. The minimum Gasteiger partial charge on any atom is -0.492 e. The van der Waals surface area contributed by atoms with Gasteiger partial charge in [-0.25, -0.2) is 18.1 Å². The Hall–Kier alpha value is -3.21. The van der Waals surface area contributed by atoms with Gasteiger partial charge in [-0.15, -0.1) is 0 Å². The minimum atomic E-state index is -3.67. The molecule has 2 aromatic carbocycles. The number of hydrogen-bond acceptors (Lipinski definition) is 8. The molecule has 2 heterocycles. The average molecular weight is 526 g/mol.